The summed E-state index contributed by atoms with van der Waals surface area (Å²) < 4.78 is 0. The van der Waals surface area contributed by atoms with Gasteiger partial charge in [-0.25, -0.2) is 0 Å². The van der Waals surface area contributed by atoms with Crippen LogP contribution in [0.2, 0.25) is 0 Å². The lowest BCUT2D eigenvalue weighted by Crippen LogP contribution is -2.46. The molecule has 2 unspecified atom stereocenters. The minimum absolute atomic E-state index is 0.0214. The molecule has 1 amide bonds. The highest BCUT2D eigenvalue weighted by Gasteiger charge is 2.25. The third-order valence-electron chi connectivity index (χ3n) is 4.40. The van der Waals surface area contributed by atoms with Crippen LogP contribution in [0.1, 0.15) is 25.3 Å². The molecule has 0 aliphatic carbocycles. The molecule has 4 heteroatoms. The number of hydrogen-bond donors (Lipinski definition) is 2. The van der Waals surface area contributed by atoms with Crippen LogP contribution in [-0.4, -0.2) is 37.6 Å². The first kappa shape index (κ1) is 13.4. The van der Waals surface area contributed by atoms with Gasteiger partial charge >= 0.3 is 0 Å². The van der Waals surface area contributed by atoms with Crippen LogP contribution in [0.5, 0.6) is 0 Å². The fourth-order valence-electron chi connectivity index (χ4n) is 3.21. The van der Waals surface area contributed by atoms with Gasteiger partial charge in [-0.3, -0.25) is 4.79 Å². The summed E-state index contributed by atoms with van der Waals surface area (Å²) in [7, 11) is 0. The van der Waals surface area contributed by atoms with Crippen LogP contribution in [0, 0.1) is 0 Å². The fraction of sp³-hybridized carbons (Fsp3) is 0.562. The van der Waals surface area contributed by atoms with Crippen molar-refractivity contribution in [2.75, 3.05) is 24.5 Å². The Hall–Kier alpha value is -1.55. The van der Waals surface area contributed by atoms with Gasteiger partial charge in [-0.2, -0.15) is 0 Å². The lowest BCUT2D eigenvalue weighted by Gasteiger charge is -2.28. The standard InChI is InChI=1S/C16H23N3O/c1-12(11-18-16(20)14-6-4-9-17-14)19-10-8-13-5-2-3-7-15(13)19/h2-3,5,7,12,14,17H,4,6,8-11H2,1H3,(H,18,20). The van der Waals surface area contributed by atoms with Gasteiger partial charge in [0.05, 0.1) is 6.04 Å². The van der Waals surface area contributed by atoms with Gasteiger partial charge in [-0.15, -0.1) is 0 Å². The third kappa shape index (κ3) is 2.66. The van der Waals surface area contributed by atoms with Crippen molar-refractivity contribution in [3.05, 3.63) is 29.8 Å². The molecule has 1 aromatic rings. The Morgan fingerprint density at radius 3 is 3.15 bits per heavy atom. The van der Waals surface area contributed by atoms with E-state index in [9.17, 15) is 4.79 Å². The molecule has 2 N–H and O–H groups in total. The number of nitrogens with zero attached hydrogens (tertiary/aromatic N) is 1. The van der Waals surface area contributed by atoms with Gasteiger partial charge in [0.25, 0.3) is 0 Å². The zero-order chi connectivity index (χ0) is 13.9. The largest absolute Gasteiger partial charge is 0.366 e. The second-order valence-electron chi connectivity index (χ2n) is 5.82. The van der Waals surface area contributed by atoms with Crippen LogP contribution in [0.25, 0.3) is 0 Å². The molecule has 0 bridgehead atoms. The summed E-state index contributed by atoms with van der Waals surface area (Å²) >= 11 is 0. The van der Waals surface area contributed by atoms with Gasteiger partial charge in [0.2, 0.25) is 5.91 Å². The summed E-state index contributed by atoms with van der Waals surface area (Å²) in [6.45, 7) is 4.92. The molecule has 0 radical (unpaired) electrons. The van der Waals surface area contributed by atoms with E-state index in [1.807, 2.05) is 0 Å². The van der Waals surface area contributed by atoms with Crippen molar-refractivity contribution in [2.45, 2.75) is 38.3 Å². The Balaban J connectivity index is 1.55. The number of carbonyl (C=O) groups is 1. The monoisotopic (exact) mass is 273 g/mol. The van der Waals surface area contributed by atoms with Gasteiger partial charge in [-0.05, 0) is 44.4 Å². The molecule has 1 aromatic carbocycles. The molecular formula is C16H23N3O. The van der Waals surface area contributed by atoms with Crippen LogP contribution < -0.4 is 15.5 Å². The van der Waals surface area contributed by atoms with E-state index in [2.05, 4.69) is 46.7 Å². The van der Waals surface area contributed by atoms with Gasteiger partial charge in [0, 0.05) is 24.8 Å². The van der Waals surface area contributed by atoms with Gasteiger partial charge in [0.1, 0.15) is 0 Å². The Labute approximate surface area is 120 Å². The molecule has 2 aliphatic heterocycles. The zero-order valence-corrected chi connectivity index (χ0v) is 12.1. The van der Waals surface area contributed by atoms with Crippen molar-refractivity contribution in [1.29, 1.82) is 0 Å². The summed E-state index contributed by atoms with van der Waals surface area (Å²) in [4.78, 5) is 14.4. The maximum atomic E-state index is 12.0. The normalized spacial score (nSPS) is 22.6. The number of amides is 1. The number of benzene rings is 1. The molecule has 2 atom stereocenters. The van der Waals surface area contributed by atoms with Gasteiger partial charge in [-0.1, -0.05) is 18.2 Å². The molecule has 20 heavy (non-hydrogen) atoms. The lowest BCUT2D eigenvalue weighted by molar-refractivity contribution is -0.122. The molecule has 2 heterocycles. The highest BCUT2D eigenvalue weighted by molar-refractivity contribution is 5.82. The second kappa shape index (κ2) is 5.83. The van der Waals surface area contributed by atoms with Crippen LogP contribution >= 0.6 is 0 Å². The quantitative estimate of drug-likeness (QED) is 0.869. The predicted octanol–water partition coefficient (Wildman–Crippen LogP) is 1.31. The second-order valence-corrected chi connectivity index (χ2v) is 5.82. The number of carbonyl (C=O) groups excluding carboxylic acids is 1. The Morgan fingerprint density at radius 1 is 1.50 bits per heavy atom. The minimum atomic E-state index is 0.0214. The summed E-state index contributed by atoms with van der Waals surface area (Å²) in [6.07, 6.45) is 3.18. The Bertz CT molecular complexity index is 482. The number of hydrogen-bond acceptors (Lipinski definition) is 3. The number of para-hydroxylation sites is 1. The van der Waals surface area contributed by atoms with Crippen LogP contribution in [0.15, 0.2) is 24.3 Å². The number of rotatable bonds is 4. The van der Waals surface area contributed by atoms with E-state index in [0.29, 0.717) is 12.6 Å². The summed E-state index contributed by atoms with van der Waals surface area (Å²) in [6, 6.07) is 8.92. The van der Waals surface area contributed by atoms with Crippen LogP contribution in [0.3, 0.4) is 0 Å². The first-order chi connectivity index (χ1) is 9.75. The zero-order valence-electron chi connectivity index (χ0n) is 12.1. The Kier molecular flexibility index (Phi) is 3.92. The van der Waals surface area contributed by atoms with Crippen molar-refractivity contribution in [3.8, 4) is 0 Å². The van der Waals surface area contributed by atoms with Crippen LogP contribution in [0.4, 0.5) is 5.69 Å². The van der Waals surface area contributed by atoms with E-state index in [4.69, 9.17) is 0 Å². The molecule has 0 aromatic heterocycles. The molecule has 1 saturated heterocycles. The molecular weight excluding hydrogens is 250 g/mol. The van der Waals surface area contributed by atoms with Crippen molar-refractivity contribution in [1.82, 2.24) is 10.6 Å². The number of nitrogens with one attached hydrogen (secondary N) is 2. The SMILES string of the molecule is CC(CNC(=O)C1CCCN1)N1CCc2ccccc21. The third-order valence-corrected chi connectivity index (χ3v) is 4.40. The minimum Gasteiger partial charge on any atom is -0.366 e. The summed E-state index contributed by atoms with van der Waals surface area (Å²) in [5.74, 6) is 0.154. The smallest absolute Gasteiger partial charge is 0.237 e. The topological polar surface area (TPSA) is 44.4 Å². The molecule has 2 aliphatic rings. The average Bonchev–Trinajstić information content (AvgIpc) is 3.13. The average molecular weight is 273 g/mol. The lowest BCUT2D eigenvalue weighted by atomic mass is 10.1. The van der Waals surface area contributed by atoms with E-state index in [-0.39, 0.29) is 11.9 Å². The molecule has 0 spiro atoms. The van der Waals surface area contributed by atoms with E-state index in [0.717, 1.165) is 32.4 Å². The van der Waals surface area contributed by atoms with Crippen LogP contribution in [-0.2, 0) is 11.2 Å². The van der Waals surface area contributed by atoms with Crippen molar-refractivity contribution in [3.63, 3.8) is 0 Å². The van der Waals surface area contributed by atoms with Crippen molar-refractivity contribution < 1.29 is 4.79 Å². The number of anilines is 1. The first-order valence-corrected chi connectivity index (χ1v) is 7.61. The molecule has 108 valence electrons. The maximum Gasteiger partial charge on any atom is 0.237 e. The van der Waals surface area contributed by atoms with Crippen molar-refractivity contribution >= 4 is 11.6 Å². The van der Waals surface area contributed by atoms with E-state index in [1.165, 1.54) is 11.3 Å². The van der Waals surface area contributed by atoms with E-state index >= 15 is 0 Å². The summed E-state index contributed by atoms with van der Waals surface area (Å²) in [5.41, 5.74) is 2.75. The maximum absolute atomic E-state index is 12.0. The Morgan fingerprint density at radius 2 is 2.35 bits per heavy atom. The first-order valence-electron chi connectivity index (χ1n) is 7.61. The highest BCUT2D eigenvalue weighted by Crippen LogP contribution is 2.28. The molecule has 1 fully saturated rings. The molecule has 4 nitrogen and oxygen atoms in total. The summed E-state index contributed by atoms with van der Waals surface area (Å²) in [5, 5.41) is 6.33. The highest BCUT2D eigenvalue weighted by atomic mass is 16.2. The van der Waals surface area contributed by atoms with Gasteiger partial charge in [0.15, 0.2) is 0 Å². The van der Waals surface area contributed by atoms with Crippen molar-refractivity contribution in [2.24, 2.45) is 0 Å². The fourth-order valence-corrected chi connectivity index (χ4v) is 3.21. The predicted molar refractivity (Wildman–Crippen MR) is 81.0 cm³/mol. The van der Waals surface area contributed by atoms with Gasteiger partial charge < -0.3 is 15.5 Å². The molecule has 3 rings (SSSR count). The molecule has 0 saturated carbocycles. The number of fused-ring (bicyclic) bond motifs is 1. The van der Waals surface area contributed by atoms with E-state index < -0.39 is 0 Å². The van der Waals surface area contributed by atoms with E-state index in [1.54, 1.807) is 0 Å².